The van der Waals surface area contributed by atoms with Gasteiger partial charge in [-0.05, 0) is 79.1 Å². The number of nitrogens with one attached hydrogen (secondary N) is 1. The predicted molar refractivity (Wildman–Crippen MR) is 118 cm³/mol. The van der Waals surface area contributed by atoms with E-state index in [2.05, 4.69) is 24.4 Å². The van der Waals surface area contributed by atoms with Crippen molar-refractivity contribution in [3.63, 3.8) is 0 Å². The van der Waals surface area contributed by atoms with E-state index < -0.39 is 0 Å². The summed E-state index contributed by atoms with van der Waals surface area (Å²) in [6.07, 6.45) is 8.38. The molecule has 0 heterocycles. The summed E-state index contributed by atoms with van der Waals surface area (Å²) in [4.78, 5) is 0. The van der Waals surface area contributed by atoms with Crippen molar-refractivity contribution in [2.24, 2.45) is 5.92 Å². The zero-order valence-electron chi connectivity index (χ0n) is 16.5. The van der Waals surface area contributed by atoms with Crippen LogP contribution < -0.4 is 5.32 Å². The van der Waals surface area contributed by atoms with Crippen LogP contribution in [0, 0.1) is 5.92 Å². The zero-order valence-corrected chi connectivity index (χ0v) is 18.0. The second kappa shape index (κ2) is 8.26. The maximum Gasteiger partial charge on any atom is 0.115 e. The molecule has 28 heavy (non-hydrogen) atoms. The monoisotopic (exact) mass is 417 g/mol. The van der Waals surface area contributed by atoms with E-state index >= 15 is 0 Å². The summed E-state index contributed by atoms with van der Waals surface area (Å²) in [7, 11) is 0. The summed E-state index contributed by atoms with van der Waals surface area (Å²) < 4.78 is 0. The number of hydrogen-bond donors (Lipinski definition) is 2. The van der Waals surface area contributed by atoms with Crippen molar-refractivity contribution in [3.8, 4) is 5.75 Å². The molecule has 2 aromatic rings. The second-order valence-corrected chi connectivity index (χ2v) is 9.57. The Morgan fingerprint density at radius 1 is 1.07 bits per heavy atom. The van der Waals surface area contributed by atoms with Gasteiger partial charge in [0.15, 0.2) is 0 Å². The molecule has 0 amide bonds. The summed E-state index contributed by atoms with van der Waals surface area (Å²) in [5.74, 6) is 1.03. The smallest absolute Gasteiger partial charge is 0.115 e. The van der Waals surface area contributed by atoms with Crippen LogP contribution in [0.25, 0.3) is 0 Å². The Morgan fingerprint density at radius 2 is 1.93 bits per heavy atom. The maximum absolute atomic E-state index is 10.1. The lowest BCUT2D eigenvalue weighted by Crippen LogP contribution is -2.55. The molecule has 2 nitrogen and oxygen atoms in total. The van der Waals surface area contributed by atoms with Crippen LogP contribution in [0.3, 0.4) is 0 Å². The molecule has 0 unspecified atom stereocenters. The van der Waals surface area contributed by atoms with Gasteiger partial charge in [0.2, 0.25) is 0 Å². The van der Waals surface area contributed by atoms with Crippen molar-refractivity contribution >= 4 is 23.2 Å². The first-order chi connectivity index (χ1) is 13.5. The topological polar surface area (TPSA) is 32.3 Å². The minimum Gasteiger partial charge on any atom is -0.508 e. The third-order valence-electron chi connectivity index (χ3n) is 6.88. The van der Waals surface area contributed by atoms with Crippen molar-refractivity contribution in [1.29, 1.82) is 0 Å². The lowest BCUT2D eigenvalue weighted by Gasteiger charge is -2.49. The fraction of sp³-hybridized carbons (Fsp3) is 0.500. The summed E-state index contributed by atoms with van der Waals surface area (Å²) in [6, 6.07) is 12.3. The van der Waals surface area contributed by atoms with Gasteiger partial charge in [0.25, 0.3) is 0 Å². The molecular formula is C24H29Cl2NO. The van der Waals surface area contributed by atoms with Gasteiger partial charge in [-0.1, -0.05) is 61.5 Å². The molecule has 0 aliphatic heterocycles. The van der Waals surface area contributed by atoms with Crippen LogP contribution in [0.4, 0.5) is 0 Å². The highest BCUT2D eigenvalue weighted by Crippen LogP contribution is 2.47. The average molecular weight is 418 g/mol. The standard InChI is InChI=1S/C24H29Cl2NO/c1-24-11-4-2-3-5-18(14-17-7-8-19(28)15-20(17)24)23(24)27-12-10-16-6-9-21(25)22(26)13-16/h6-9,13,15,18,23,27-28H,2-5,10-12,14H2,1H3/t18-,23-,24+/m0/s1. The van der Waals surface area contributed by atoms with Crippen LogP contribution in [0.1, 0.15) is 55.7 Å². The lowest BCUT2D eigenvalue weighted by molar-refractivity contribution is 0.167. The molecule has 2 aromatic carbocycles. The molecule has 0 saturated heterocycles. The summed E-state index contributed by atoms with van der Waals surface area (Å²) in [5.41, 5.74) is 4.04. The lowest BCUT2D eigenvalue weighted by atomic mass is 9.59. The number of aromatic hydroxyl groups is 1. The fourth-order valence-corrected chi connectivity index (χ4v) is 5.78. The molecular weight excluding hydrogens is 389 g/mol. The van der Waals surface area contributed by atoms with Crippen molar-refractivity contribution in [3.05, 3.63) is 63.1 Å². The molecule has 0 aromatic heterocycles. The molecule has 150 valence electrons. The van der Waals surface area contributed by atoms with Gasteiger partial charge >= 0.3 is 0 Å². The van der Waals surface area contributed by atoms with E-state index in [-0.39, 0.29) is 5.41 Å². The Kier molecular flexibility index (Phi) is 5.92. The van der Waals surface area contributed by atoms with Crippen molar-refractivity contribution in [1.82, 2.24) is 5.32 Å². The molecule has 1 saturated carbocycles. The third kappa shape index (κ3) is 3.92. The molecule has 0 spiro atoms. The predicted octanol–water partition coefficient (Wildman–Crippen LogP) is 6.29. The molecule has 2 bridgehead atoms. The van der Waals surface area contributed by atoms with E-state index in [0.29, 0.717) is 27.8 Å². The summed E-state index contributed by atoms with van der Waals surface area (Å²) in [6.45, 7) is 3.32. The van der Waals surface area contributed by atoms with Gasteiger partial charge in [-0.3, -0.25) is 0 Å². The zero-order chi connectivity index (χ0) is 19.7. The van der Waals surface area contributed by atoms with Gasteiger partial charge in [-0.2, -0.15) is 0 Å². The van der Waals surface area contributed by atoms with Crippen LogP contribution in [0.15, 0.2) is 36.4 Å². The first kappa shape index (κ1) is 20.1. The Labute approximate surface area is 178 Å². The van der Waals surface area contributed by atoms with Gasteiger partial charge in [0.05, 0.1) is 10.0 Å². The van der Waals surface area contributed by atoms with Gasteiger partial charge in [-0.15, -0.1) is 0 Å². The van der Waals surface area contributed by atoms with Crippen LogP contribution in [-0.2, 0) is 18.3 Å². The number of phenolic OH excluding ortho intramolecular Hbond substituents is 1. The number of fused-ring (bicyclic) bond motifs is 4. The van der Waals surface area contributed by atoms with Gasteiger partial charge < -0.3 is 10.4 Å². The molecule has 4 heteroatoms. The highest BCUT2D eigenvalue weighted by atomic mass is 35.5. The molecule has 2 aliphatic carbocycles. The highest BCUT2D eigenvalue weighted by Gasteiger charge is 2.45. The van der Waals surface area contributed by atoms with E-state index in [1.165, 1.54) is 48.8 Å². The van der Waals surface area contributed by atoms with Crippen LogP contribution in [0.2, 0.25) is 10.0 Å². The van der Waals surface area contributed by atoms with Crippen molar-refractivity contribution in [2.45, 2.75) is 63.3 Å². The number of rotatable bonds is 4. The Balaban J connectivity index is 1.56. The number of halogens is 2. The van der Waals surface area contributed by atoms with Gasteiger partial charge in [0.1, 0.15) is 5.75 Å². The molecule has 1 fully saturated rings. The van der Waals surface area contributed by atoms with Gasteiger partial charge in [0, 0.05) is 11.5 Å². The van der Waals surface area contributed by atoms with Crippen molar-refractivity contribution < 1.29 is 5.11 Å². The first-order valence-corrected chi connectivity index (χ1v) is 11.2. The fourth-order valence-electron chi connectivity index (χ4n) is 5.46. The Hall–Kier alpha value is -1.22. The minimum atomic E-state index is 0.0645. The van der Waals surface area contributed by atoms with E-state index in [4.69, 9.17) is 23.2 Å². The maximum atomic E-state index is 10.1. The van der Waals surface area contributed by atoms with Gasteiger partial charge in [-0.25, -0.2) is 0 Å². The average Bonchev–Trinajstić information content (AvgIpc) is 2.66. The largest absolute Gasteiger partial charge is 0.508 e. The molecule has 2 aliphatic rings. The molecule has 2 N–H and O–H groups in total. The van der Waals surface area contributed by atoms with E-state index in [9.17, 15) is 5.11 Å². The summed E-state index contributed by atoms with van der Waals surface area (Å²) in [5, 5.41) is 15.3. The molecule has 4 rings (SSSR count). The third-order valence-corrected chi connectivity index (χ3v) is 7.62. The molecule has 3 atom stereocenters. The highest BCUT2D eigenvalue weighted by molar-refractivity contribution is 6.42. The van der Waals surface area contributed by atoms with Crippen LogP contribution in [-0.4, -0.2) is 17.7 Å². The van der Waals surface area contributed by atoms with Crippen LogP contribution in [0.5, 0.6) is 5.75 Å². The molecule has 0 radical (unpaired) electrons. The summed E-state index contributed by atoms with van der Waals surface area (Å²) >= 11 is 12.2. The number of hydrogen-bond acceptors (Lipinski definition) is 2. The van der Waals surface area contributed by atoms with Crippen LogP contribution >= 0.6 is 23.2 Å². The quantitative estimate of drug-likeness (QED) is 0.611. The Bertz CT molecular complexity index is 852. The SMILES string of the molecule is C[C@@]12CCCCC[C@@H](Cc3ccc(O)cc31)[C@@H]2NCCc1ccc(Cl)c(Cl)c1. The van der Waals surface area contributed by atoms with E-state index in [1.807, 2.05) is 24.3 Å². The minimum absolute atomic E-state index is 0.0645. The Morgan fingerprint density at radius 3 is 2.75 bits per heavy atom. The second-order valence-electron chi connectivity index (χ2n) is 8.75. The normalized spacial score (nSPS) is 27.0. The van der Waals surface area contributed by atoms with E-state index in [1.54, 1.807) is 0 Å². The van der Waals surface area contributed by atoms with E-state index in [0.717, 1.165) is 19.4 Å². The van der Waals surface area contributed by atoms with Crippen molar-refractivity contribution in [2.75, 3.05) is 6.54 Å². The number of benzene rings is 2. The number of phenols is 1. The first-order valence-electron chi connectivity index (χ1n) is 10.5.